The van der Waals surface area contributed by atoms with Crippen LogP contribution in [-0.2, 0) is 4.74 Å². The van der Waals surface area contributed by atoms with Crippen LogP contribution in [0.15, 0.2) is 18.6 Å². The van der Waals surface area contributed by atoms with Gasteiger partial charge in [-0.15, -0.1) is 0 Å². The average Bonchev–Trinajstić information content (AvgIpc) is 1.89. The number of unbranched alkanes of at least 4 members (excludes halogenated alkanes) is 2. The Morgan fingerprint density at radius 2 is 2.33 bits per heavy atom. The SMILES string of the molecule is C=C=COCCCCC. The van der Waals surface area contributed by atoms with Gasteiger partial charge in [0.05, 0.1) is 6.61 Å². The molecule has 9 heavy (non-hydrogen) atoms. The third-order valence-electron chi connectivity index (χ3n) is 1.03. The Labute approximate surface area is 57.0 Å². The molecular formula is C8H14O. The molecule has 0 fully saturated rings. The second-order valence-electron chi connectivity index (χ2n) is 1.90. The minimum Gasteiger partial charge on any atom is -0.493 e. The molecule has 0 aliphatic heterocycles. The van der Waals surface area contributed by atoms with Crippen molar-refractivity contribution in [2.75, 3.05) is 6.61 Å². The lowest BCUT2D eigenvalue weighted by molar-refractivity contribution is 0.242. The molecule has 0 aromatic carbocycles. The summed E-state index contributed by atoms with van der Waals surface area (Å²) in [6.45, 7) is 6.34. The van der Waals surface area contributed by atoms with E-state index in [0.717, 1.165) is 13.0 Å². The molecule has 0 radical (unpaired) electrons. The predicted molar refractivity (Wildman–Crippen MR) is 39.2 cm³/mol. The van der Waals surface area contributed by atoms with Crippen molar-refractivity contribution in [3.63, 3.8) is 0 Å². The van der Waals surface area contributed by atoms with Crippen molar-refractivity contribution in [2.24, 2.45) is 0 Å². The fourth-order valence-electron chi connectivity index (χ4n) is 0.553. The first-order chi connectivity index (χ1) is 4.41. The summed E-state index contributed by atoms with van der Waals surface area (Å²) in [7, 11) is 0. The monoisotopic (exact) mass is 126 g/mol. The quantitative estimate of drug-likeness (QED) is 0.312. The van der Waals surface area contributed by atoms with Crippen LogP contribution >= 0.6 is 0 Å². The van der Waals surface area contributed by atoms with Gasteiger partial charge in [0, 0.05) is 0 Å². The smallest absolute Gasteiger partial charge is 0.124 e. The van der Waals surface area contributed by atoms with Crippen LogP contribution in [0.1, 0.15) is 26.2 Å². The fourth-order valence-corrected chi connectivity index (χ4v) is 0.553. The molecule has 0 saturated carbocycles. The topological polar surface area (TPSA) is 9.23 Å². The Kier molecular flexibility index (Phi) is 6.77. The van der Waals surface area contributed by atoms with Crippen molar-refractivity contribution in [2.45, 2.75) is 26.2 Å². The second-order valence-corrected chi connectivity index (χ2v) is 1.90. The fraction of sp³-hybridized carbons (Fsp3) is 0.625. The Bertz CT molecular complexity index is 90.7. The van der Waals surface area contributed by atoms with Gasteiger partial charge >= 0.3 is 0 Å². The van der Waals surface area contributed by atoms with Crippen LogP contribution < -0.4 is 0 Å². The van der Waals surface area contributed by atoms with E-state index in [9.17, 15) is 0 Å². The minimum absolute atomic E-state index is 0.802. The van der Waals surface area contributed by atoms with Crippen LogP contribution in [0.2, 0.25) is 0 Å². The van der Waals surface area contributed by atoms with Crippen LogP contribution in [0.3, 0.4) is 0 Å². The summed E-state index contributed by atoms with van der Waals surface area (Å²) in [6.07, 6.45) is 5.12. The highest BCUT2D eigenvalue weighted by molar-refractivity contribution is 4.63. The highest BCUT2D eigenvalue weighted by Gasteiger charge is 1.81. The number of hydrogen-bond acceptors (Lipinski definition) is 1. The molecule has 1 nitrogen and oxygen atoms in total. The minimum atomic E-state index is 0.802. The van der Waals surface area contributed by atoms with E-state index in [-0.39, 0.29) is 0 Å². The Morgan fingerprint density at radius 1 is 1.56 bits per heavy atom. The van der Waals surface area contributed by atoms with Gasteiger partial charge in [-0.05, 0) is 6.42 Å². The summed E-state index contributed by atoms with van der Waals surface area (Å²) in [6, 6.07) is 0. The average molecular weight is 126 g/mol. The maximum absolute atomic E-state index is 4.99. The van der Waals surface area contributed by atoms with Crippen molar-refractivity contribution in [1.29, 1.82) is 0 Å². The highest BCUT2D eigenvalue weighted by atomic mass is 16.5. The zero-order valence-electron chi connectivity index (χ0n) is 6.02. The van der Waals surface area contributed by atoms with Crippen LogP contribution in [0.25, 0.3) is 0 Å². The summed E-state index contributed by atoms with van der Waals surface area (Å²) >= 11 is 0. The second kappa shape index (κ2) is 7.32. The lowest BCUT2D eigenvalue weighted by Gasteiger charge is -1.95. The van der Waals surface area contributed by atoms with E-state index in [2.05, 4.69) is 19.2 Å². The molecular weight excluding hydrogens is 112 g/mol. The van der Waals surface area contributed by atoms with Crippen molar-refractivity contribution in [1.82, 2.24) is 0 Å². The van der Waals surface area contributed by atoms with Crippen LogP contribution in [-0.4, -0.2) is 6.61 Å². The van der Waals surface area contributed by atoms with Gasteiger partial charge in [0.1, 0.15) is 6.26 Å². The van der Waals surface area contributed by atoms with Crippen LogP contribution in [0, 0.1) is 0 Å². The van der Waals surface area contributed by atoms with E-state index >= 15 is 0 Å². The lowest BCUT2D eigenvalue weighted by atomic mass is 10.3. The molecule has 0 N–H and O–H groups in total. The molecule has 1 heteroatoms. The number of rotatable bonds is 5. The highest BCUT2D eigenvalue weighted by Crippen LogP contribution is 1.93. The summed E-state index contributed by atoms with van der Waals surface area (Å²) in [5.74, 6) is 0. The lowest BCUT2D eigenvalue weighted by Crippen LogP contribution is -1.85. The van der Waals surface area contributed by atoms with Gasteiger partial charge in [-0.2, -0.15) is 0 Å². The molecule has 0 unspecified atom stereocenters. The first kappa shape index (κ1) is 8.32. The third-order valence-corrected chi connectivity index (χ3v) is 1.03. The van der Waals surface area contributed by atoms with E-state index in [0.29, 0.717) is 0 Å². The van der Waals surface area contributed by atoms with Gasteiger partial charge < -0.3 is 4.74 Å². The summed E-state index contributed by atoms with van der Waals surface area (Å²) in [5, 5.41) is 0. The van der Waals surface area contributed by atoms with Crippen LogP contribution in [0.5, 0.6) is 0 Å². The standard InChI is InChI=1S/C8H14O/c1-3-5-6-8-9-7-4-2/h7H,2-3,5-6,8H2,1H3. The first-order valence-electron chi connectivity index (χ1n) is 3.37. The molecule has 0 spiro atoms. The van der Waals surface area contributed by atoms with Gasteiger partial charge in [-0.1, -0.05) is 32.1 Å². The Morgan fingerprint density at radius 3 is 2.89 bits per heavy atom. The van der Waals surface area contributed by atoms with Crippen molar-refractivity contribution >= 4 is 0 Å². The van der Waals surface area contributed by atoms with E-state index in [4.69, 9.17) is 4.74 Å². The van der Waals surface area contributed by atoms with Gasteiger partial charge in [0.15, 0.2) is 0 Å². The predicted octanol–water partition coefficient (Wildman–Crippen LogP) is 2.49. The molecule has 0 rings (SSSR count). The van der Waals surface area contributed by atoms with Crippen molar-refractivity contribution in [3.8, 4) is 0 Å². The number of ether oxygens (including phenoxy) is 1. The van der Waals surface area contributed by atoms with Gasteiger partial charge in [-0.25, -0.2) is 0 Å². The van der Waals surface area contributed by atoms with Gasteiger partial charge in [0.2, 0.25) is 0 Å². The van der Waals surface area contributed by atoms with Crippen molar-refractivity contribution < 1.29 is 4.74 Å². The van der Waals surface area contributed by atoms with E-state index < -0.39 is 0 Å². The van der Waals surface area contributed by atoms with E-state index in [1.165, 1.54) is 19.1 Å². The molecule has 0 saturated heterocycles. The summed E-state index contributed by atoms with van der Waals surface area (Å²) in [5.41, 5.74) is 2.55. The molecule has 0 aromatic rings. The molecule has 0 amide bonds. The number of hydrogen-bond donors (Lipinski definition) is 0. The Balaban J connectivity index is 2.82. The molecule has 0 atom stereocenters. The third kappa shape index (κ3) is 7.32. The van der Waals surface area contributed by atoms with E-state index in [1.54, 1.807) is 0 Å². The molecule has 0 aliphatic carbocycles. The first-order valence-corrected chi connectivity index (χ1v) is 3.37. The summed E-state index contributed by atoms with van der Waals surface area (Å²) < 4.78 is 4.99. The largest absolute Gasteiger partial charge is 0.493 e. The summed E-state index contributed by atoms with van der Waals surface area (Å²) in [4.78, 5) is 0. The van der Waals surface area contributed by atoms with Crippen LogP contribution in [0.4, 0.5) is 0 Å². The Hall–Kier alpha value is -0.680. The van der Waals surface area contributed by atoms with Gasteiger partial charge in [-0.3, -0.25) is 0 Å². The molecule has 0 heterocycles. The molecule has 0 bridgehead atoms. The maximum atomic E-state index is 4.99. The maximum Gasteiger partial charge on any atom is 0.124 e. The van der Waals surface area contributed by atoms with E-state index in [1.807, 2.05) is 0 Å². The normalized spacial score (nSPS) is 8.11. The zero-order chi connectivity index (χ0) is 6.95. The zero-order valence-corrected chi connectivity index (χ0v) is 6.02. The molecule has 52 valence electrons. The van der Waals surface area contributed by atoms with Gasteiger partial charge in [0.25, 0.3) is 0 Å². The molecule has 0 aliphatic rings. The van der Waals surface area contributed by atoms with Crippen molar-refractivity contribution in [3.05, 3.63) is 18.6 Å². The molecule has 0 aromatic heterocycles.